The van der Waals surface area contributed by atoms with Crippen molar-refractivity contribution in [1.82, 2.24) is 0 Å². The van der Waals surface area contributed by atoms with Crippen LogP contribution in [-0.4, -0.2) is 5.11 Å². The van der Waals surface area contributed by atoms with Crippen molar-refractivity contribution in [1.29, 1.82) is 0 Å². The molecule has 106 valence electrons. The molecule has 0 saturated carbocycles. The van der Waals surface area contributed by atoms with Gasteiger partial charge in [-0.25, -0.2) is 8.78 Å². The minimum atomic E-state index is -1.13. The number of fused-ring (bicyclic) bond motifs is 1. The Labute approximate surface area is 125 Å². The Balaban J connectivity index is 2.20. The van der Waals surface area contributed by atoms with E-state index in [1.54, 1.807) is 24.3 Å². The summed E-state index contributed by atoms with van der Waals surface area (Å²) in [6, 6.07) is 13.4. The molecule has 0 fully saturated rings. The van der Waals surface area contributed by atoms with Crippen LogP contribution in [0, 0.1) is 11.6 Å². The third-order valence-electron chi connectivity index (χ3n) is 3.45. The quantitative estimate of drug-likeness (QED) is 0.717. The van der Waals surface area contributed by atoms with Crippen molar-refractivity contribution < 1.29 is 13.9 Å². The van der Waals surface area contributed by atoms with Crippen molar-refractivity contribution in [3.63, 3.8) is 0 Å². The van der Waals surface area contributed by atoms with Crippen molar-refractivity contribution in [2.45, 2.75) is 6.10 Å². The maximum absolute atomic E-state index is 13.8. The van der Waals surface area contributed by atoms with Crippen molar-refractivity contribution in [3.8, 4) is 0 Å². The first-order valence-electron chi connectivity index (χ1n) is 6.38. The van der Waals surface area contributed by atoms with Crippen molar-refractivity contribution in [2.24, 2.45) is 0 Å². The molecule has 0 aromatic heterocycles. The van der Waals surface area contributed by atoms with Gasteiger partial charge in [0.15, 0.2) is 0 Å². The van der Waals surface area contributed by atoms with E-state index in [1.807, 2.05) is 0 Å². The minimum Gasteiger partial charge on any atom is -0.384 e. The lowest BCUT2D eigenvalue weighted by Crippen LogP contribution is -2.02. The molecule has 3 rings (SSSR count). The summed E-state index contributed by atoms with van der Waals surface area (Å²) in [5.74, 6) is -0.855. The van der Waals surface area contributed by atoms with Crippen molar-refractivity contribution in [3.05, 3.63) is 82.4 Å². The zero-order chi connectivity index (χ0) is 15.0. The molecule has 0 heterocycles. The average Bonchev–Trinajstić information content (AvgIpc) is 2.50. The van der Waals surface area contributed by atoms with Gasteiger partial charge >= 0.3 is 0 Å². The summed E-state index contributed by atoms with van der Waals surface area (Å²) in [5, 5.41) is 11.8. The normalized spacial score (nSPS) is 12.6. The summed E-state index contributed by atoms with van der Waals surface area (Å²) in [6.45, 7) is 0. The number of rotatable bonds is 2. The van der Waals surface area contributed by atoms with Gasteiger partial charge in [0.25, 0.3) is 0 Å². The second-order valence-corrected chi connectivity index (χ2v) is 5.16. The molecule has 1 atom stereocenters. The van der Waals surface area contributed by atoms with E-state index in [2.05, 4.69) is 0 Å². The van der Waals surface area contributed by atoms with Gasteiger partial charge in [0.05, 0.1) is 0 Å². The molecule has 0 aliphatic carbocycles. The summed E-state index contributed by atoms with van der Waals surface area (Å²) < 4.78 is 27.2. The van der Waals surface area contributed by atoms with E-state index < -0.39 is 11.9 Å². The minimum absolute atomic E-state index is 0.258. The van der Waals surface area contributed by atoms with Crippen molar-refractivity contribution in [2.75, 3.05) is 0 Å². The van der Waals surface area contributed by atoms with Gasteiger partial charge in [-0.2, -0.15) is 0 Å². The molecule has 4 heteroatoms. The zero-order valence-corrected chi connectivity index (χ0v) is 11.6. The van der Waals surface area contributed by atoms with Gasteiger partial charge in [-0.1, -0.05) is 41.9 Å². The fraction of sp³-hybridized carbons (Fsp3) is 0.0588. The number of hydrogen-bond donors (Lipinski definition) is 1. The number of hydrogen-bond acceptors (Lipinski definition) is 1. The molecule has 21 heavy (non-hydrogen) atoms. The van der Waals surface area contributed by atoms with E-state index in [0.29, 0.717) is 16.3 Å². The van der Waals surface area contributed by atoms with Crippen LogP contribution >= 0.6 is 11.6 Å². The summed E-state index contributed by atoms with van der Waals surface area (Å²) in [5.41, 5.74) is 0.743. The van der Waals surface area contributed by atoms with Gasteiger partial charge in [0.1, 0.15) is 17.7 Å². The summed E-state index contributed by atoms with van der Waals surface area (Å²) in [6.07, 6.45) is -1.13. The highest BCUT2D eigenvalue weighted by molar-refractivity contribution is 6.31. The number of benzene rings is 3. The molecule has 0 amide bonds. The Morgan fingerprint density at radius 3 is 2.33 bits per heavy atom. The Kier molecular flexibility index (Phi) is 3.62. The second kappa shape index (κ2) is 5.43. The van der Waals surface area contributed by atoms with E-state index in [0.717, 1.165) is 0 Å². The SMILES string of the molecule is OC(c1cc(F)ccc1Cl)c1ccc(F)c2ccccc12. The fourth-order valence-corrected chi connectivity index (χ4v) is 2.64. The fourth-order valence-electron chi connectivity index (χ4n) is 2.42. The molecule has 3 aromatic carbocycles. The van der Waals surface area contributed by atoms with Gasteiger partial charge in [0, 0.05) is 16.0 Å². The Hall–Kier alpha value is -1.97. The zero-order valence-electron chi connectivity index (χ0n) is 10.9. The Bertz CT molecular complexity index is 817. The highest BCUT2D eigenvalue weighted by Gasteiger charge is 2.18. The van der Waals surface area contributed by atoms with Gasteiger partial charge in [0.2, 0.25) is 0 Å². The van der Waals surface area contributed by atoms with Crippen LogP contribution in [0.15, 0.2) is 54.6 Å². The van der Waals surface area contributed by atoms with E-state index in [4.69, 9.17) is 11.6 Å². The molecule has 3 aromatic rings. The molecular weight excluding hydrogens is 294 g/mol. The third-order valence-corrected chi connectivity index (χ3v) is 3.80. The number of aliphatic hydroxyl groups is 1. The molecule has 0 radical (unpaired) electrons. The van der Waals surface area contributed by atoms with Crippen molar-refractivity contribution >= 4 is 22.4 Å². The lowest BCUT2D eigenvalue weighted by molar-refractivity contribution is 0.221. The maximum atomic E-state index is 13.8. The molecule has 0 aliphatic heterocycles. The second-order valence-electron chi connectivity index (χ2n) is 4.75. The van der Waals surface area contributed by atoms with E-state index >= 15 is 0 Å². The predicted molar refractivity (Wildman–Crippen MR) is 79.4 cm³/mol. The van der Waals surface area contributed by atoms with Crippen LogP contribution in [-0.2, 0) is 0 Å². The Morgan fingerprint density at radius 2 is 1.57 bits per heavy atom. The summed E-state index contributed by atoms with van der Waals surface area (Å²) in [7, 11) is 0. The molecule has 0 bridgehead atoms. The van der Waals surface area contributed by atoms with Gasteiger partial charge in [-0.15, -0.1) is 0 Å². The predicted octanol–water partition coefficient (Wildman–Crippen LogP) is 4.85. The molecular formula is C17H11ClF2O. The summed E-state index contributed by atoms with van der Waals surface area (Å²) >= 11 is 6.02. The lowest BCUT2D eigenvalue weighted by atomic mass is 9.95. The van der Waals surface area contributed by atoms with Crippen LogP contribution in [0.1, 0.15) is 17.2 Å². The van der Waals surface area contributed by atoms with Gasteiger partial charge in [-0.3, -0.25) is 0 Å². The van der Waals surface area contributed by atoms with Crippen LogP contribution in [0.5, 0.6) is 0 Å². The number of aliphatic hydroxyl groups excluding tert-OH is 1. The van der Waals surface area contributed by atoms with E-state index in [9.17, 15) is 13.9 Å². The lowest BCUT2D eigenvalue weighted by Gasteiger charge is -2.16. The van der Waals surface area contributed by atoms with Gasteiger partial charge in [-0.05, 0) is 35.2 Å². The van der Waals surface area contributed by atoms with E-state index in [1.165, 1.54) is 30.3 Å². The molecule has 1 unspecified atom stereocenters. The average molecular weight is 305 g/mol. The highest BCUT2D eigenvalue weighted by atomic mass is 35.5. The molecule has 1 nitrogen and oxygen atoms in total. The summed E-state index contributed by atoms with van der Waals surface area (Å²) in [4.78, 5) is 0. The number of halogens is 3. The maximum Gasteiger partial charge on any atom is 0.131 e. The van der Waals surface area contributed by atoms with Gasteiger partial charge < -0.3 is 5.11 Å². The van der Waals surface area contributed by atoms with Crippen LogP contribution in [0.4, 0.5) is 8.78 Å². The standard InChI is InChI=1S/C17H11ClF2O/c18-15-7-5-10(19)9-14(15)17(21)13-6-8-16(20)12-4-2-1-3-11(12)13/h1-9,17,21H. The van der Waals surface area contributed by atoms with Crippen LogP contribution in [0.2, 0.25) is 5.02 Å². The molecule has 0 saturated heterocycles. The molecule has 0 spiro atoms. The highest BCUT2D eigenvalue weighted by Crippen LogP contribution is 2.33. The first-order chi connectivity index (χ1) is 10.1. The van der Waals surface area contributed by atoms with Crippen LogP contribution in [0.25, 0.3) is 10.8 Å². The largest absolute Gasteiger partial charge is 0.384 e. The van der Waals surface area contributed by atoms with E-state index in [-0.39, 0.29) is 16.4 Å². The molecule has 1 N–H and O–H groups in total. The third kappa shape index (κ3) is 2.50. The van der Waals surface area contributed by atoms with Crippen LogP contribution in [0.3, 0.4) is 0 Å². The topological polar surface area (TPSA) is 20.2 Å². The molecule has 0 aliphatic rings. The first kappa shape index (κ1) is 14.0. The first-order valence-corrected chi connectivity index (χ1v) is 6.76. The van der Waals surface area contributed by atoms with Crippen LogP contribution < -0.4 is 0 Å². The smallest absolute Gasteiger partial charge is 0.131 e. The monoisotopic (exact) mass is 304 g/mol. The Morgan fingerprint density at radius 1 is 0.857 bits per heavy atom.